The Labute approximate surface area is 131 Å². The molecular weight excluding hydrogens is 334 g/mol. The molecule has 1 heterocycles. The normalized spacial score (nSPS) is 13.0. The van der Waals surface area contributed by atoms with Crippen LogP contribution in [0.15, 0.2) is 46.0 Å². The Morgan fingerprint density at radius 2 is 2.00 bits per heavy atom. The van der Waals surface area contributed by atoms with Gasteiger partial charge in [0.25, 0.3) is 10.0 Å². The number of halogens is 1. The molecular formula is C13H12ClNO4S2. The molecule has 0 aliphatic heterocycles. The molecule has 0 radical (unpaired) electrons. The molecule has 2 aromatic rings. The van der Waals surface area contributed by atoms with E-state index in [9.17, 15) is 13.2 Å². The van der Waals surface area contributed by atoms with Gasteiger partial charge in [0.1, 0.15) is 4.21 Å². The number of hydrogen-bond acceptors (Lipinski definition) is 4. The average Bonchev–Trinajstić information content (AvgIpc) is 2.92. The van der Waals surface area contributed by atoms with Crippen molar-refractivity contribution >= 4 is 38.9 Å². The van der Waals surface area contributed by atoms with E-state index in [1.807, 2.05) is 0 Å². The molecule has 0 amide bonds. The van der Waals surface area contributed by atoms with E-state index in [0.29, 0.717) is 10.6 Å². The van der Waals surface area contributed by atoms with Gasteiger partial charge >= 0.3 is 5.97 Å². The summed E-state index contributed by atoms with van der Waals surface area (Å²) in [6.07, 6.45) is -0.395. The summed E-state index contributed by atoms with van der Waals surface area (Å²) in [5.41, 5.74) is 0.432. The predicted molar refractivity (Wildman–Crippen MR) is 81.1 cm³/mol. The zero-order chi connectivity index (χ0) is 15.5. The van der Waals surface area contributed by atoms with Crippen LogP contribution >= 0.6 is 22.9 Å². The molecule has 1 atom stereocenters. The number of sulfonamides is 1. The highest BCUT2D eigenvalue weighted by Crippen LogP contribution is 2.27. The number of carbonyl (C=O) groups is 1. The molecule has 0 aliphatic carbocycles. The number of hydrogen-bond donors (Lipinski definition) is 2. The number of rotatable bonds is 6. The molecule has 0 aliphatic rings. The smallest absolute Gasteiger partial charge is 0.305 e. The molecule has 2 N–H and O–H groups in total. The third-order valence-electron chi connectivity index (χ3n) is 2.72. The highest BCUT2D eigenvalue weighted by Gasteiger charge is 2.25. The lowest BCUT2D eigenvalue weighted by molar-refractivity contribution is -0.137. The van der Waals surface area contributed by atoms with Gasteiger partial charge in [-0.3, -0.25) is 4.79 Å². The van der Waals surface area contributed by atoms with E-state index in [1.54, 1.807) is 35.7 Å². The lowest BCUT2D eigenvalue weighted by Gasteiger charge is -2.18. The molecule has 2 rings (SSSR count). The minimum Gasteiger partial charge on any atom is -0.481 e. The van der Waals surface area contributed by atoms with Crippen molar-refractivity contribution in [3.8, 4) is 0 Å². The minimum atomic E-state index is -3.78. The second kappa shape index (κ2) is 6.57. The maximum atomic E-state index is 12.2. The monoisotopic (exact) mass is 345 g/mol. The molecule has 0 fully saturated rings. The Kier molecular flexibility index (Phi) is 5.00. The fourth-order valence-electron chi connectivity index (χ4n) is 1.81. The summed E-state index contributed by atoms with van der Waals surface area (Å²) in [4.78, 5) is 11.0. The van der Waals surface area contributed by atoms with Crippen molar-refractivity contribution in [3.63, 3.8) is 0 Å². The second-order valence-corrected chi connectivity index (χ2v) is 7.52. The summed E-state index contributed by atoms with van der Waals surface area (Å²) >= 11 is 7.09. The van der Waals surface area contributed by atoms with E-state index in [0.717, 1.165) is 11.3 Å². The molecule has 0 saturated carbocycles. The Bertz CT molecular complexity index is 728. The van der Waals surface area contributed by atoms with Gasteiger partial charge in [0.05, 0.1) is 12.5 Å². The molecule has 8 heteroatoms. The van der Waals surface area contributed by atoms with E-state index in [1.165, 1.54) is 6.07 Å². The van der Waals surface area contributed by atoms with Gasteiger partial charge in [-0.1, -0.05) is 35.9 Å². The van der Waals surface area contributed by atoms with Crippen LogP contribution in [0.2, 0.25) is 5.02 Å². The first-order valence-electron chi connectivity index (χ1n) is 5.92. The molecule has 1 unspecified atom stereocenters. The topological polar surface area (TPSA) is 83.5 Å². The molecule has 1 aromatic heterocycles. The predicted octanol–water partition coefficient (Wildman–Crippen LogP) is 2.90. The number of carboxylic acids is 1. The van der Waals surface area contributed by atoms with Crippen LogP contribution in [-0.4, -0.2) is 19.5 Å². The fourth-order valence-corrected chi connectivity index (χ4v) is 4.30. The highest BCUT2D eigenvalue weighted by atomic mass is 35.5. The molecule has 0 spiro atoms. The van der Waals surface area contributed by atoms with Crippen LogP contribution in [0.5, 0.6) is 0 Å². The van der Waals surface area contributed by atoms with Gasteiger partial charge in [-0.15, -0.1) is 11.3 Å². The van der Waals surface area contributed by atoms with Gasteiger partial charge in [0, 0.05) is 5.02 Å². The lowest BCUT2D eigenvalue weighted by Crippen LogP contribution is -2.30. The summed E-state index contributed by atoms with van der Waals surface area (Å²) < 4.78 is 27.0. The Morgan fingerprint density at radius 1 is 1.29 bits per heavy atom. The third kappa shape index (κ3) is 4.04. The lowest BCUT2D eigenvalue weighted by atomic mass is 10.1. The number of benzene rings is 1. The van der Waals surface area contributed by atoms with Crippen molar-refractivity contribution in [2.45, 2.75) is 16.7 Å². The maximum Gasteiger partial charge on any atom is 0.305 e. The summed E-state index contributed by atoms with van der Waals surface area (Å²) in [5.74, 6) is -1.12. The minimum absolute atomic E-state index is 0.130. The maximum absolute atomic E-state index is 12.2. The van der Waals surface area contributed by atoms with E-state index in [2.05, 4.69) is 4.72 Å². The average molecular weight is 346 g/mol. The van der Waals surface area contributed by atoms with Crippen molar-refractivity contribution in [1.29, 1.82) is 0 Å². The van der Waals surface area contributed by atoms with Crippen LogP contribution in [0.4, 0.5) is 0 Å². The molecule has 0 bridgehead atoms. The van der Waals surface area contributed by atoms with Gasteiger partial charge in [-0.2, -0.15) is 0 Å². The Morgan fingerprint density at radius 3 is 2.57 bits per heavy atom. The van der Waals surface area contributed by atoms with Crippen molar-refractivity contribution < 1.29 is 18.3 Å². The summed E-state index contributed by atoms with van der Waals surface area (Å²) in [5, 5.41) is 10.9. The van der Waals surface area contributed by atoms with Crippen molar-refractivity contribution in [1.82, 2.24) is 4.72 Å². The first-order valence-corrected chi connectivity index (χ1v) is 8.66. The van der Waals surface area contributed by atoms with E-state index in [-0.39, 0.29) is 4.21 Å². The van der Waals surface area contributed by atoms with Gasteiger partial charge < -0.3 is 5.11 Å². The second-order valence-electron chi connectivity index (χ2n) is 4.23. The molecule has 1 aromatic carbocycles. The van der Waals surface area contributed by atoms with Gasteiger partial charge in [-0.05, 0) is 23.1 Å². The zero-order valence-corrected chi connectivity index (χ0v) is 13.1. The SMILES string of the molecule is O=C(O)CC(NS(=O)(=O)c1cccs1)c1ccccc1Cl. The Balaban J connectivity index is 2.34. The van der Waals surface area contributed by atoms with Crippen LogP contribution in [-0.2, 0) is 14.8 Å². The van der Waals surface area contributed by atoms with Crippen LogP contribution in [0, 0.1) is 0 Å². The van der Waals surface area contributed by atoms with E-state index < -0.39 is 28.5 Å². The number of nitrogens with one attached hydrogen (secondary N) is 1. The summed E-state index contributed by atoms with van der Waals surface area (Å²) in [6.45, 7) is 0. The number of thiophene rings is 1. The zero-order valence-electron chi connectivity index (χ0n) is 10.7. The molecule has 0 saturated heterocycles. The van der Waals surface area contributed by atoms with Crippen LogP contribution in [0.25, 0.3) is 0 Å². The number of carboxylic acid groups (broad SMARTS) is 1. The molecule has 112 valence electrons. The highest BCUT2D eigenvalue weighted by molar-refractivity contribution is 7.91. The third-order valence-corrected chi connectivity index (χ3v) is 5.93. The van der Waals surface area contributed by atoms with E-state index >= 15 is 0 Å². The van der Waals surface area contributed by atoms with Crippen LogP contribution in [0.3, 0.4) is 0 Å². The molecule has 5 nitrogen and oxygen atoms in total. The van der Waals surface area contributed by atoms with Gasteiger partial charge in [-0.25, -0.2) is 13.1 Å². The van der Waals surface area contributed by atoms with Crippen molar-refractivity contribution in [3.05, 3.63) is 52.4 Å². The quantitative estimate of drug-likeness (QED) is 0.843. The van der Waals surface area contributed by atoms with Gasteiger partial charge in [0.15, 0.2) is 0 Å². The first-order chi connectivity index (χ1) is 9.90. The molecule has 21 heavy (non-hydrogen) atoms. The van der Waals surface area contributed by atoms with Crippen molar-refractivity contribution in [2.75, 3.05) is 0 Å². The van der Waals surface area contributed by atoms with Crippen molar-refractivity contribution in [2.24, 2.45) is 0 Å². The number of aliphatic carboxylic acids is 1. The summed E-state index contributed by atoms with van der Waals surface area (Å²) in [6, 6.07) is 8.70. The van der Waals surface area contributed by atoms with Crippen LogP contribution < -0.4 is 4.72 Å². The van der Waals surface area contributed by atoms with Gasteiger partial charge in [0.2, 0.25) is 0 Å². The largest absolute Gasteiger partial charge is 0.481 e. The standard InChI is InChI=1S/C13H12ClNO4S2/c14-10-5-2-1-4-9(10)11(8-12(16)17)15-21(18,19)13-6-3-7-20-13/h1-7,11,15H,8H2,(H,16,17). The fraction of sp³-hybridized carbons (Fsp3) is 0.154. The summed E-state index contributed by atoms with van der Waals surface area (Å²) in [7, 11) is -3.78. The van der Waals surface area contributed by atoms with E-state index in [4.69, 9.17) is 16.7 Å². The van der Waals surface area contributed by atoms with Crippen LogP contribution in [0.1, 0.15) is 18.0 Å². The first kappa shape index (κ1) is 16.0. The Hall–Kier alpha value is -1.41.